The van der Waals surface area contributed by atoms with Crippen molar-refractivity contribution in [3.8, 4) is 6.07 Å². The summed E-state index contributed by atoms with van der Waals surface area (Å²) in [5.74, 6) is 0. The van der Waals surface area contributed by atoms with Gasteiger partial charge in [-0.3, -0.25) is 4.90 Å². The quantitative estimate of drug-likeness (QED) is 0.769. The Bertz CT molecular complexity index is 909. The van der Waals surface area contributed by atoms with Crippen molar-refractivity contribution in [3.05, 3.63) is 65.2 Å². The molecule has 27 heavy (non-hydrogen) atoms. The minimum Gasteiger partial charge on any atom is -0.296 e. The molecule has 1 saturated heterocycles. The molecule has 1 aliphatic heterocycles. The van der Waals surface area contributed by atoms with Crippen LogP contribution in [0.25, 0.3) is 0 Å². The summed E-state index contributed by atoms with van der Waals surface area (Å²) in [4.78, 5) is 2.60. The molecule has 0 unspecified atom stereocenters. The summed E-state index contributed by atoms with van der Waals surface area (Å²) < 4.78 is 27.3. The summed E-state index contributed by atoms with van der Waals surface area (Å²) in [5.41, 5.74) is 2.90. The molecule has 5 nitrogen and oxygen atoms in total. The largest absolute Gasteiger partial charge is 0.296 e. The summed E-state index contributed by atoms with van der Waals surface area (Å²) in [6, 6.07) is 17.0. The van der Waals surface area contributed by atoms with Gasteiger partial charge >= 0.3 is 0 Å². The maximum atomic E-state index is 12.9. The van der Waals surface area contributed by atoms with Gasteiger partial charge in [0.05, 0.1) is 16.5 Å². The van der Waals surface area contributed by atoms with Gasteiger partial charge in [0.15, 0.2) is 0 Å². The molecular formula is C21H25N3O2S. The number of benzene rings is 2. The van der Waals surface area contributed by atoms with Crippen molar-refractivity contribution in [2.24, 2.45) is 0 Å². The van der Waals surface area contributed by atoms with Crippen molar-refractivity contribution in [1.29, 1.82) is 5.26 Å². The van der Waals surface area contributed by atoms with Crippen LogP contribution in [-0.2, 0) is 23.0 Å². The zero-order chi connectivity index (χ0) is 19.3. The number of hydrogen-bond donors (Lipinski definition) is 0. The van der Waals surface area contributed by atoms with Crippen molar-refractivity contribution in [1.82, 2.24) is 9.21 Å². The van der Waals surface area contributed by atoms with Crippen molar-refractivity contribution in [2.45, 2.75) is 31.2 Å². The number of nitrogens with zero attached hydrogens (tertiary/aromatic N) is 3. The van der Waals surface area contributed by atoms with Gasteiger partial charge < -0.3 is 0 Å². The predicted molar refractivity (Wildman–Crippen MR) is 106 cm³/mol. The molecular weight excluding hydrogens is 358 g/mol. The summed E-state index contributed by atoms with van der Waals surface area (Å²) in [7, 11) is -3.44. The molecule has 0 amide bonds. The third kappa shape index (κ3) is 4.75. The van der Waals surface area contributed by atoms with Crippen LogP contribution in [0, 0.1) is 11.3 Å². The van der Waals surface area contributed by atoms with E-state index in [0.717, 1.165) is 24.9 Å². The summed E-state index contributed by atoms with van der Waals surface area (Å²) in [5, 5.41) is 9.01. The Labute approximate surface area is 161 Å². The SMILES string of the molecule is CCCc1ccc(S(=O)(=O)N2CCN(Cc3cccc(C#N)c3)CC2)cc1. The second-order valence-electron chi connectivity index (χ2n) is 6.89. The molecule has 0 N–H and O–H groups in total. The number of aryl methyl sites for hydroxylation is 1. The number of rotatable bonds is 6. The van der Waals surface area contributed by atoms with Crippen LogP contribution in [0.4, 0.5) is 0 Å². The van der Waals surface area contributed by atoms with Gasteiger partial charge in [-0.25, -0.2) is 8.42 Å². The molecule has 0 aliphatic carbocycles. The first-order chi connectivity index (χ1) is 13.0. The molecule has 0 aromatic heterocycles. The molecule has 0 saturated carbocycles. The third-order valence-electron chi connectivity index (χ3n) is 4.89. The topological polar surface area (TPSA) is 64.4 Å². The van der Waals surface area contributed by atoms with Gasteiger partial charge in [0.1, 0.15) is 0 Å². The van der Waals surface area contributed by atoms with Crippen LogP contribution in [0.15, 0.2) is 53.4 Å². The predicted octanol–water partition coefficient (Wildman–Crippen LogP) is 3.02. The molecule has 0 radical (unpaired) electrons. The van der Waals surface area contributed by atoms with E-state index in [0.29, 0.717) is 36.6 Å². The van der Waals surface area contributed by atoms with E-state index in [1.54, 1.807) is 22.5 Å². The fourth-order valence-corrected chi connectivity index (χ4v) is 4.81. The highest BCUT2D eigenvalue weighted by molar-refractivity contribution is 7.89. The lowest BCUT2D eigenvalue weighted by atomic mass is 10.1. The Balaban J connectivity index is 1.61. The number of piperazine rings is 1. The van der Waals surface area contributed by atoms with Gasteiger partial charge in [0.25, 0.3) is 0 Å². The maximum absolute atomic E-state index is 12.9. The standard InChI is InChI=1S/C21H25N3O2S/c1-2-4-18-7-9-21(10-8-18)27(25,26)24-13-11-23(12-14-24)17-20-6-3-5-19(15-20)16-22/h3,5-10,15H,2,4,11-14,17H2,1H3. The fourth-order valence-electron chi connectivity index (χ4n) is 3.39. The Hall–Kier alpha value is -2.20. The summed E-state index contributed by atoms with van der Waals surface area (Å²) >= 11 is 0. The lowest BCUT2D eigenvalue weighted by Gasteiger charge is -2.34. The smallest absolute Gasteiger partial charge is 0.243 e. The van der Waals surface area contributed by atoms with Gasteiger partial charge in [-0.1, -0.05) is 37.6 Å². The molecule has 2 aromatic carbocycles. The van der Waals surface area contributed by atoms with E-state index in [2.05, 4.69) is 17.9 Å². The van der Waals surface area contributed by atoms with Crippen LogP contribution >= 0.6 is 0 Å². The second kappa shape index (κ2) is 8.66. The Morgan fingerprint density at radius 3 is 2.33 bits per heavy atom. The van der Waals surface area contributed by atoms with E-state index in [1.165, 1.54) is 5.56 Å². The van der Waals surface area contributed by atoms with E-state index < -0.39 is 10.0 Å². The van der Waals surface area contributed by atoms with E-state index in [4.69, 9.17) is 5.26 Å². The molecule has 142 valence electrons. The Morgan fingerprint density at radius 1 is 1.00 bits per heavy atom. The van der Waals surface area contributed by atoms with Crippen LogP contribution < -0.4 is 0 Å². The molecule has 0 bridgehead atoms. The van der Waals surface area contributed by atoms with Gasteiger partial charge in [0, 0.05) is 32.7 Å². The molecule has 3 rings (SSSR count). The van der Waals surface area contributed by atoms with Crippen LogP contribution in [0.1, 0.15) is 30.0 Å². The van der Waals surface area contributed by atoms with Crippen molar-refractivity contribution in [3.63, 3.8) is 0 Å². The first-order valence-corrected chi connectivity index (χ1v) is 10.8. The molecule has 6 heteroatoms. The highest BCUT2D eigenvalue weighted by Crippen LogP contribution is 2.19. The van der Waals surface area contributed by atoms with E-state index in [9.17, 15) is 8.42 Å². The van der Waals surface area contributed by atoms with Crippen molar-refractivity contribution < 1.29 is 8.42 Å². The summed E-state index contributed by atoms with van der Waals surface area (Å²) in [6.07, 6.45) is 2.01. The average Bonchev–Trinajstić information content (AvgIpc) is 2.69. The van der Waals surface area contributed by atoms with Gasteiger partial charge in [-0.2, -0.15) is 9.57 Å². The highest BCUT2D eigenvalue weighted by atomic mass is 32.2. The highest BCUT2D eigenvalue weighted by Gasteiger charge is 2.28. The normalized spacial score (nSPS) is 16.1. The van der Waals surface area contributed by atoms with E-state index >= 15 is 0 Å². The van der Waals surface area contributed by atoms with Crippen molar-refractivity contribution in [2.75, 3.05) is 26.2 Å². The Kier molecular flexibility index (Phi) is 6.27. The Morgan fingerprint density at radius 2 is 1.70 bits per heavy atom. The first kappa shape index (κ1) is 19.6. The lowest BCUT2D eigenvalue weighted by molar-refractivity contribution is 0.181. The molecule has 1 aliphatic rings. The minimum absolute atomic E-state index is 0.373. The lowest BCUT2D eigenvalue weighted by Crippen LogP contribution is -2.48. The van der Waals surface area contributed by atoms with Crippen molar-refractivity contribution >= 4 is 10.0 Å². The minimum atomic E-state index is -3.44. The number of sulfonamides is 1. The van der Waals surface area contributed by atoms with Gasteiger partial charge in [-0.15, -0.1) is 0 Å². The third-order valence-corrected chi connectivity index (χ3v) is 6.81. The molecule has 0 spiro atoms. The molecule has 1 fully saturated rings. The average molecular weight is 384 g/mol. The fraction of sp³-hybridized carbons (Fsp3) is 0.381. The summed E-state index contributed by atoms with van der Waals surface area (Å²) in [6.45, 7) is 5.18. The maximum Gasteiger partial charge on any atom is 0.243 e. The zero-order valence-corrected chi connectivity index (χ0v) is 16.5. The van der Waals surface area contributed by atoms with Crippen LogP contribution in [0.5, 0.6) is 0 Å². The number of nitriles is 1. The van der Waals surface area contributed by atoms with E-state index in [1.807, 2.05) is 30.3 Å². The monoisotopic (exact) mass is 383 g/mol. The van der Waals surface area contributed by atoms with Crippen LogP contribution in [-0.4, -0.2) is 43.8 Å². The second-order valence-corrected chi connectivity index (χ2v) is 8.82. The number of hydrogen-bond acceptors (Lipinski definition) is 4. The van der Waals surface area contributed by atoms with Gasteiger partial charge in [-0.05, 0) is 41.8 Å². The van der Waals surface area contributed by atoms with Gasteiger partial charge in [0.2, 0.25) is 10.0 Å². The van der Waals surface area contributed by atoms with E-state index in [-0.39, 0.29) is 0 Å². The molecule has 0 atom stereocenters. The van der Waals surface area contributed by atoms with Crippen LogP contribution in [0.3, 0.4) is 0 Å². The molecule has 1 heterocycles. The zero-order valence-electron chi connectivity index (χ0n) is 15.6. The molecule has 2 aromatic rings. The van der Waals surface area contributed by atoms with Crippen LogP contribution in [0.2, 0.25) is 0 Å². The first-order valence-electron chi connectivity index (χ1n) is 9.33.